The minimum absolute atomic E-state index is 0.108. The number of esters is 1. The molecule has 82 valence electrons. The maximum absolute atomic E-state index is 11.1. The van der Waals surface area contributed by atoms with Gasteiger partial charge in [-0.1, -0.05) is 0 Å². The molecule has 0 saturated carbocycles. The van der Waals surface area contributed by atoms with Crippen molar-refractivity contribution in [2.75, 3.05) is 20.6 Å². The van der Waals surface area contributed by atoms with Crippen LogP contribution in [0.15, 0.2) is 0 Å². The summed E-state index contributed by atoms with van der Waals surface area (Å²) in [7, 11) is 3.42. The van der Waals surface area contributed by atoms with E-state index in [1.807, 2.05) is 0 Å². The lowest BCUT2D eigenvalue weighted by molar-refractivity contribution is -0.153. The van der Waals surface area contributed by atoms with Gasteiger partial charge in [-0.3, -0.25) is 14.5 Å². The molecule has 0 saturated heterocycles. The van der Waals surface area contributed by atoms with Gasteiger partial charge in [0.15, 0.2) is 0 Å². The highest BCUT2D eigenvalue weighted by Crippen LogP contribution is 1.97. The predicted molar refractivity (Wildman–Crippen MR) is 49.7 cm³/mol. The second kappa shape index (κ2) is 5.56. The summed E-state index contributed by atoms with van der Waals surface area (Å²) in [5, 5.41) is 8.52. The smallest absolute Gasteiger partial charge is 0.324 e. The Hall–Kier alpha value is -1.14. The highest BCUT2D eigenvalue weighted by molar-refractivity contribution is 5.76. The van der Waals surface area contributed by atoms with Crippen LogP contribution < -0.4 is 5.73 Å². The molecule has 0 aliphatic heterocycles. The van der Waals surface area contributed by atoms with Gasteiger partial charge in [0, 0.05) is 0 Å². The number of likely N-dealkylation sites (N-methyl/N-ethyl adjacent to an activating group) is 1. The van der Waals surface area contributed by atoms with E-state index in [2.05, 4.69) is 0 Å². The zero-order chi connectivity index (χ0) is 11.3. The molecule has 14 heavy (non-hydrogen) atoms. The van der Waals surface area contributed by atoms with Crippen molar-refractivity contribution in [2.45, 2.75) is 19.1 Å². The fraction of sp³-hybridized carbons (Fsp3) is 0.750. The van der Waals surface area contributed by atoms with Crippen LogP contribution in [0.5, 0.6) is 0 Å². The number of ether oxygens (including phenoxy) is 1. The molecule has 0 amide bonds. The molecule has 0 rings (SSSR count). The van der Waals surface area contributed by atoms with Crippen LogP contribution in [0.2, 0.25) is 0 Å². The van der Waals surface area contributed by atoms with Gasteiger partial charge < -0.3 is 15.6 Å². The fourth-order valence-electron chi connectivity index (χ4n) is 0.777. The first-order valence-electron chi connectivity index (χ1n) is 4.17. The number of carbonyl (C=O) groups is 2. The highest BCUT2D eigenvalue weighted by atomic mass is 16.5. The molecule has 0 aromatic rings. The highest BCUT2D eigenvalue weighted by Gasteiger charge is 2.23. The van der Waals surface area contributed by atoms with Crippen LogP contribution in [0.3, 0.4) is 0 Å². The maximum atomic E-state index is 11.1. The topological polar surface area (TPSA) is 92.9 Å². The average Bonchev–Trinajstić information content (AvgIpc) is 2.00. The predicted octanol–water partition coefficient (Wildman–Crippen LogP) is -1.11. The second-order valence-electron chi connectivity index (χ2n) is 3.30. The number of nitrogens with two attached hydrogens (primary N) is 1. The summed E-state index contributed by atoms with van der Waals surface area (Å²) in [5.74, 6) is -1.67. The first-order valence-corrected chi connectivity index (χ1v) is 4.17. The van der Waals surface area contributed by atoms with E-state index in [-0.39, 0.29) is 6.54 Å². The van der Waals surface area contributed by atoms with Crippen LogP contribution in [0.1, 0.15) is 6.92 Å². The molecule has 6 nitrogen and oxygen atoms in total. The number of carboxylic acid groups (broad SMARTS) is 1. The SMILES string of the molecule is C[C@@H](OC(=O)CN(C)C)[C@H](N)C(=O)O. The van der Waals surface area contributed by atoms with Crippen LogP contribution in [0.25, 0.3) is 0 Å². The van der Waals surface area contributed by atoms with Crippen LogP contribution in [-0.4, -0.2) is 54.7 Å². The van der Waals surface area contributed by atoms with Crippen molar-refractivity contribution in [3.05, 3.63) is 0 Å². The van der Waals surface area contributed by atoms with E-state index < -0.39 is 24.1 Å². The molecule has 0 heterocycles. The maximum Gasteiger partial charge on any atom is 0.324 e. The Labute approximate surface area is 82.6 Å². The van der Waals surface area contributed by atoms with Gasteiger partial charge in [0.2, 0.25) is 0 Å². The Balaban J connectivity index is 3.99. The van der Waals surface area contributed by atoms with Crippen molar-refractivity contribution in [2.24, 2.45) is 5.73 Å². The molecule has 0 unspecified atom stereocenters. The quantitative estimate of drug-likeness (QED) is 0.552. The van der Waals surface area contributed by atoms with Crippen LogP contribution in [0, 0.1) is 0 Å². The summed E-state index contributed by atoms with van der Waals surface area (Å²) in [6.45, 7) is 1.56. The summed E-state index contributed by atoms with van der Waals surface area (Å²) >= 11 is 0. The van der Waals surface area contributed by atoms with E-state index >= 15 is 0 Å². The fourth-order valence-corrected chi connectivity index (χ4v) is 0.777. The van der Waals surface area contributed by atoms with Crippen molar-refractivity contribution in [1.29, 1.82) is 0 Å². The first-order chi connectivity index (χ1) is 6.34. The second-order valence-corrected chi connectivity index (χ2v) is 3.30. The lowest BCUT2D eigenvalue weighted by Crippen LogP contribution is -2.43. The van der Waals surface area contributed by atoms with Gasteiger partial charge in [-0.05, 0) is 21.0 Å². The molecule has 0 aliphatic rings. The van der Waals surface area contributed by atoms with E-state index in [4.69, 9.17) is 15.6 Å². The largest absolute Gasteiger partial charge is 0.480 e. The summed E-state index contributed by atoms with van der Waals surface area (Å²) in [4.78, 5) is 23.1. The van der Waals surface area contributed by atoms with Gasteiger partial charge in [0.1, 0.15) is 12.1 Å². The molecule has 6 heteroatoms. The molecular formula is C8H16N2O4. The van der Waals surface area contributed by atoms with Crippen molar-refractivity contribution in [3.63, 3.8) is 0 Å². The summed E-state index contributed by atoms with van der Waals surface area (Å²) in [6, 6.07) is -1.18. The van der Waals surface area contributed by atoms with E-state index in [1.165, 1.54) is 6.92 Å². The third kappa shape index (κ3) is 4.78. The number of carboxylic acids is 1. The monoisotopic (exact) mass is 204 g/mol. The summed E-state index contributed by atoms with van der Waals surface area (Å²) in [5.41, 5.74) is 5.25. The average molecular weight is 204 g/mol. The zero-order valence-electron chi connectivity index (χ0n) is 8.56. The molecular weight excluding hydrogens is 188 g/mol. The number of rotatable bonds is 5. The van der Waals surface area contributed by atoms with E-state index in [1.54, 1.807) is 19.0 Å². The van der Waals surface area contributed by atoms with Crippen molar-refractivity contribution < 1.29 is 19.4 Å². The third-order valence-electron chi connectivity index (χ3n) is 1.55. The third-order valence-corrected chi connectivity index (χ3v) is 1.55. The molecule has 3 N–H and O–H groups in total. The number of hydrogen-bond acceptors (Lipinski definition) is 5. The minimum Gasteiger partial charge on any atom is -0.480 e. The Morgan fingerprint density at radius 3 is 2.36 bits per heavy atom. The first kappa shape index (κ1) is 12.9. The van der Waals surface area contributed by atoms with Crippen molar-refractivity contribution in [1.82, 2.24) is 4.90 Å². The van der Waals surface area contributed by atoms with Gasteiger partial charge in [-0.25, -0.2) is 0 Å². The minimum atomic E-state index is -1.19. The standard InChI is InChI=1S/C8H16N2O4/c1-5(7(9)8(12)13)14-6(11)4-10(2)3/h5,7H,4,9H2,1-3H3,(H,12,13)/t5-,7+/m1/s1. The zero-order valence-corrected chi connectivity index (χ0v) is 8.56. The van der Waals surface area contributed by atoms with Crippen LogP contribution in [-0.2, 0) is 14.3 Å². The Bertz CT molecular complexity index is 217. The molecule has 0 fully saturated rings. The molecule has 0 bridgehead atoms. The van der Waals surface area contributed by atoms with Gasteiger partial charge in [-0.2, -0.15) is 0 Å². The van der Waals surface area contributed by atoms with Crippen molar-refractivity contribution in [3.8, 4) is 0 Å². The lowest BCUT2D eigenvalue weighted by Gasteiger charge is -2.18. The van der Waals surface area contributed by atoms with Crippen molar-refractivity contribution >= 4 is 11.9 Å². The Morgan fingerprint density at radius 2 is 2.00 bits per heavy atom. The molecule has 0 aliphatic carbocycles. The lowest BCUT2D eigenvalue weighted by atomic mass is 10.2. The molecule has 0 radical (unpaired) electrons. The number of aliphatic carboxylic acids is 1. The molecule has 0 aromatic carbocycles. The number of nitrogens with zero attached hydrogens (tertiary/aromatic N) is 1. The van der Waals surface area contributed by atoms with E-state index in [9.17, 15) is 9.59 Å². The van der Waals surface area contributed by atoms with Gasteiger partial charge in [0.25, 0.3) is 0 Å². The number of hydrogen-bond donors (Lipinski definition) is 2. The van der Waals surface area contributed by atoms with Gasteiger partial charge in [0.05, 0.1) is 6.54 Å². The summed E-state index contributed by atoms with van der Waals surface area (Å²) in [6.07, 6.45) is -0.819. The normalized spacial score (nSPS) is 14.9. The molecule has 2 atom stereocenters. The van der Waals surface area contributed by atoms with Gasteiger partial charge >= 0.3 is 11.9 Å². The molecule has 0 aromatic heterocycles. The molecule has 0 spiro atoms. The van der Waals surface area contributed by atoms with E-state index in [0.29, 0.717) is 0 Å². The van der Waals surface area contributed by atoms with E-state index in [0.717, 1.165) is 0 Å². The van der Waals surface area contributed by atoms with Gasteiger partial charge in [-0.15, -0.1) is 0 Å². The summed E-state index contributed by atoms with van der Waals surface area (Å²) < 4.78 is 4.80. The number of carbonyl (C=O) groups excluding carboxylic acids is 1. The van der Waals surface area contributed by atoms with Crippen LogP contribution >= 0.6 is 0 Å². The van der Waals surface area contributed by atoms with Crippen LogP contribution in [0.4, 0.5) is 0 Å². The Morgan fingerprint density at radius 1 is 1.50 bits per heavy atom. The Kier molecular flexibility index (Phi) is 5.11.